The van der Waals surface area contributed by atoms with Gasteiger partial charge in [0.2, 0.25) is 0 Å². The number of aliphatic hydroxyl groups excluding tert-OH is 1. The quantitative estimate of drug-likeness (QED) is 0.499. The van der Waals surface area contributed by atoms with E-state index in [0.717, 1.165) is 58.2 Å². The minimum atomic E-state index is -0.329. The van der Waals surface area contributed by atoms with E-state index in [1.165, 1.54) is 0 Å². The van der Waals surface area contributed by atoms with Gasteiger partial charge < -0.3 is 19.6 Å². The highest BCUT2D eigenvalue weighted by Crippen LogP contribution is 2.27. The molecule has 0 aliphatic heterocycles. The number of benzene rings is 1. The van der Waals surface area contributed by atoms with Crippen molar-refractivity contribution in [2.24, 2.45) is 5.92 Å². The molecule has 160 valence electrons. The SMILES string of the molecule is CCN(CCO)CCCC#CC1CCC(N(C)C(=O)Oc2ccc(Cl)cc2)CC1. The van der Waals surface area contributed by atoms with Crippen molar-refractivity contribution in [2.45, 2.75) is 51.5 Å². The van der Waals surface area contributed by atoms with Crippen molar-refractivity contribution in [1.82, 2.24) is 9.80 Å². The summed E-state index contributed by atoms with van der Waals surface area (Å²) in [6, 6.07) is 7.01. The van der Waals surface area contributed by atoms with Crippen LogP contribution in [-0.2, 0) is 0 Å². The van der Waals surface area contributed by atoms with Gasteiger partial charge in [0.05, 0.1) is 6.61 Å². The Hall–Kier alpha value is -1.74. The molecule has 2 rings (SSSR count). The summed E-state index contributed by atoms with van der Waals surface area (Å²) in [7, 11) is 1.81. The Morgan fingerprint density at radius 1 is 1.21 bits per heavy atom. The van der Waals surface area contributed by atoms with Gasteiger partial charge in [0.1, 0.15) is 5.75 Å². The van der Waals surface area contributed by atoms with Gasteiger partial charge in [-0.1, -0.05) is 24.4 Å². The van der Waals surface area contributed by atoms with Crippen LogP contribution < -0.4 is 4.74 Å². The van der Waals surface area contributed by atoms with Crippen molar-refractivity contribution in [3.8, 4) is 17.6 Å². The Morgan fingerprint density at radius 3 is 2.52 bits per heavy atom. The van der Waals surface area contributed by atoms with Gasteiger partial charge in [0, 0.05) is 37.0 Å². The number of halogens is 1. The molecular formula is C23H33ClN2O3. The first-order chi connectivity index (χ1) is 14.0. The van der Waals surface area contributed by atoms with Crippen molar-refractivity contribution in [2.75, 3.05) is 33.3 Å². The molecule has 1 saturated carbocycles. The van der Waals surface area contributed by atoms with E-state index in [1.54, 1.807) is 36.2 Å². The molecule has 0 saturated heterocycles. The van der Waals surface area contributed by atoms with Gasteiger partial charge in [0.15, 0.2) is 0 Å². The summed E-state index contributed by atoms with van der Waals surface area (Å²) in [5.41, 5.74) is 0. The van der Waals surface area contributed by atoms with Gasteiger partial charge in [-0.3, -0.25) is 0 Å². The molecule has 1 N–H and O–H groups in total. The standard InChI is InChI=1S/C23H33ClN2O3/c1-3-26(17-18-27)16-6-4-5-7-19-8-12-21(13-9-19)25(2)23(28)29-22-14-10-20(24)11-15-22/h10-11,14-15,19,21,27H,3-4,6,8-9,12-13,16-18H2,1-2H3. The molecule has 6 heteroatoms. The summed E-state index contributed by atoms with van der Waals surface area (Å²) < 4.78 is 5.43. The molecule has 0 bridgehead atoms. The van der Waals surface area contributed by atoms with Gasteiger partial charge >= 0.3 is 6.09 Å². The first-order valence-corrected chi connectivity index (χ1v) is 10.9. The van der Waals surface area contributed by atoms with Gasteiger partial charge in [-0.25, -0.2) is 4.79 Å². The lowest BCUT2D eigenvalue weighted by atomic mass is 9.86. The summed E-state index contributed by atoms with van der Waals surface area (Å²) in [6.07, 6.45) is 5.54. The third-order valence-corrected chi connectivity index (χ3v) is 5.75. The average molecular weight is 421 g/mol. The Kier molecular flexibility index (Phi) is 10.3. The summed E-state index contributed by atoms with van der Waals surface area (Å²) in [4.78, 5) is 16.3. The molecule has 5 nitrogen and oxygen atoms in total. The number of ether oxygens (including phenoxy) is 1. The lowest BCUT2D eigenvalue weighted by Gasteiger charge is -2.32. The highest BCUT2D eigenvalue weighted by Gasteiger charge is 2.26. The molecule has 0 radical (unpaired) electrons. The molecule has 0 heterocycles. The zero-order valence-electron chi connectivity index (χ0n) is 17.6. The topological polar surface area (TPSA) is 53.0 Å². The maximum absolute atomic E-state index is 12.4. The molecule has 1 aliphatic carbocycles. The second-order valence-electron chi connectivity index (χ2n) is 7.52. The number of carbonyl (C=O) groups is 1. The number of nitrogens with zero attached hydrogens (tertiary/aromatic N) is 2. The minimum Gasteiger partial charge on any atom is -0.410 e. The number of aliphatic hydroxyl groups is 1. The normalized spacial score (nSPS) is 18.8. The second kappa shape index (κ2) is 12.7. The first kappa shape index (κ1) is 23.5. The van der Waals surface area contributed by atoms with Crippen LogP contribution in [0.15, 0.2) is 24.3 Å². The summed E-state index contributed by atoms with van der Waals surface area (Å²) in [6.45, 7) is 5.01. The number of carbonyl (C=O) groups excluding carboxylic acids is 1. The molecular weight excluding hydrogens is 388 g/mol. The maximum Gasteiger partial charge on any atom is 0.415 e. The Labute approximate surface area is 180 Å². The highest BCUT2D eigenvalue weighted by atomic mass is 35.5. The van der Waals surface area contributed by atoms with E-state index in [-0.39, 0.29) is 18.7 Å². The number of likely N-dealkylation sites (N-methyl/N-ethyl adjacent to an activating group) is 1. The number of amides is 1. The molecule has 0 unspecified atom stereocenters. The minimum absolute atomic E-state index is 0.199. The van der Waals surface area contributed by atoms with Crippen molar-refractivity contribution >= 4 is 17.7 Å². The third-order valence-electron chi connectivity index (χ3n) is 5.50. The fourth-order valence-electron chi connectivity index (χ4n) is 3.61. The highest BCUT2D eigenvalue weighted by molar-refractivity contribution is 6.30. The molecule has 1 fully saturated rings. The Bertz CT molecular complexity index is 676. The Morgan fingerprint density at radius 2 is 1.90 bits per heavy atom. The van der Waals surface area contributed by atoms with Crippen molar-refractivity contribution in [3.05, 3.63) is 29.3 Å². The van der Waals surface area contributed by atoms with E-state index < -0.39 is 0 Å². The molecule has 0 aromatic heterocycles. The molecule has 1 aliphatic rings. The summed E-state index contributed by atoms with van der Waals surface area (Å²) in [5.74, 6) is 7.67. The van der Waals surface area contributed by atoms with Crippen LogP contribution in [0.25, 0.3) is 0 Å². The molecule has 1 aromatic carbocycles. The van der Waals surface area contributed by atoms with E-state index in [9.17, 15) is 4.79 Å². The summed E-state index contributed by atoms with van der Waals surface area (Å²) in [5, 5.41) is 9.63. The van der Waals surface area contributed by atoms with Gasteiger partial charge in [0.25, 0.3) is 0 Å². The second-order valence-corrected chi connectivity index (χ2v) is 7.96. The monoisotopic (exact) mass is 420 g/mol. The predicted octanol–water partition coefficient (Wildman–Crippen LogP) is 4.43. The van der Waals surface area contributed by atoms with E-state index in [1.807, 2.05) is 0 Å². The molecule has 0 spiro atoms. The Balaban J connectivity index is 1.69. The van der Waals surface area contributed by atoms with Gasteiger partial charge in [-0.2, -0.15) is 0 Å². The first-order valence-electron chi connectivity index (χ1n) is 10.5. The van der Waals surface area contributed by atoms with E-state index in [4.69, 9.17) is 21.4 Å². The number of unbranched alkanes of at least 4 members (excludes halogenated alkanes) is 1. The van der Waals surface area contributed by atoms with Gasteiger partial charge in [-0.05, 0) is 69.5 Å². The third kappa shape index (κ3) is 8.26. The van der Waals surface area contributed by atoms with E-state index in [2.05, 4.69) is 23.7 Å². The fourth-order valence-corrected chi connectivity index (χ4v) is 3.73. The van der Waals surface area contributed by atoms with Crippen LogP contribution in [0.5, 0.6) is 5.75 Å². The van der Waals surface area contributed by atoms with Crippen LogP contribution in [-0.4, -0.2) is 60.3 Å². The average Bonchev–Trinajstić information content (AvgIpc) is 2.74. The van der Waals surface area contributed by atoms with Gasteiger partial charge in [-0.15, -0.1) is 5.92 Å². The van der Waals surface area contributed by atoms with Crippen LogP contribution >= 0.6 is 11.6 Å². The maximum atomic E-state index is 12.4. The van der Waals surface area contributed by atoms with Crippen LogP contribution in [0.3, 0.4) is 0 Å². The van der Waals surface area contributed by atoms with Crippen molar-refractivity contribution in [1.29, 1.82) is 0 Å². The lowest BCUT2D eigenvalue weighted by Crippen LogP contribution is -2.40. The molecule has 1 amide bonds. The zero-order valence-corrected chi connectivity index (χ0v) is 18.3. The van der Waals surface area contributed by atoms with Crippen LogP contribution in [0, 0.1) is 17.8 Å². The van der Waals surface area contributed by atoms with Crippen LogP contribution in [0.1, 0.15) is 45.4 Å². The van der Waals surface area contributed by atoms with E-state index in [0.29, 0.717) is 16.7 Å². The fraction of sp³-hybridized carbons (Fsp3) is 0.609. The van der Waals surface area contributed by atoms with Crippen LogP contribution in [0.2, 0.25) is 5.02 Å². The van der Waals surface area contributed by atoms with Crippen molar-refractivity contribution < 1.29 is 14.6 Å². The number of hydrogen-bond donors (Lipinski definition) is 1. The van der Waals surface area contributed by atoms with Crippen LogP contribution in [0.4, 0.5) is 4.79 Å². The largest absolute Gasteiger partial charge is 0.415 e. The number of hydrogen-bond acceptors (Lipinski definition) is 4. The summed E-state index contributed by atoms with van der Waals surface area (Å²) >= 11 is 5.86. The van der Waals surface area contributed by atoms with Crippen molar-refractivity contribution in [3.63, 3.8) is 0 Å². The predicted molar refractivity (Wildman–Crippen MR) is 117 cm³/mol. The lowest BCUT2D eigenvalue weighted by molar-refractivity contribution is 0.129. The molecule has 1 aromatic rings. The molecule has 29 heavy (non-hydrogen) atoms. The smallest absolute Gasteiger partial charge is 0.410 e. The number of rotatable bonds is 8. The zero-order chi connectivity index (χ0) is 21.1. The van der Waals surface area contributed by atoms with E-state index >= 15 is 0 Å². The molecule has 0 atom stereocenters.